The first kappa shape index (κ1) is 21.8. The maximum absolute atomic E-state index is 12.8. The number of benzene rings is 2. The third-order valence-corrected chi connectivity index (χ3v) is 7.07. The fourth-order valence-corrected chi connectivity index (χ4v) is 4.69. The van der Waals surface area contributed by atoms with Crippen molar-refractivity contribution in [2.75, 3.05) is 35.0 Å². The molecule has 0 aromatic heterocycles. The number of hydrogen-bond donors (Lipinski definition) is 1. The third kappa shape index (κ3) is 4.64. The normalized spacial score (nSPS) is 13.9. The quantitative estimate of drug-likeness (QED) is 0.731. The fourth-order valence-electron chi connectivity index (χ4n) is 3.54. The summed E-state index contributed by atoms with van der Waals surface area (Å²) in [6.45, 7) is 5.14. The molecule has 0 spiro atoms. The summed E-state index contributed by atoms with van der Waals surface area (Å²) in [7, 11) is -3.38. The van der Waals surface area contributed by atoms with Crippen LogP contribution in [0.3, 0.4) is 0 Å². The van der Waals surface area contributed by atoms with Gasteiger partial charge in [0, 0.05) is 25.2 Å². The van der Waals surface area contributed by atoms with Crippen molar-refractivity contribution in [2.24, 2.45) is 0 Å². The lowest BCUT2D eigenvalue weighted by Crippen LogP contribution is -2.32. The van der Waals surface area contributed by atoms with Crippen LogP contribution in [0.15, 0.2) is 48.5 Å². The molecule has 1 aliphatic rings. The van der Waals surface area contributed by atoms with Gasteiger partial charge in [-0.3, -0.25) is 13.9 Å². The average Bonchev–Trinajstić information content (AvgIpc) is 3.29. The number of carbonyl (C=O) groups excluding carboxylic acids is 2. The number of sulfonamides is 1. The van der Waals surface area contributed by atoms with Crippen LogP contribution in [0, 0.1) is 0 Å². The molecule has 7 nitrogen and oxygen atoms in total. The van der Waals surface area contributed by atoms with E-state index in [-0.39, 0.29) is 17.6 Å². The van der Waals surface area contributed by atoms with Crippen LogP contribution in [0.5, 0.6) is 0 Å². The summed E-state index contributed by atoms with van der Waals surface area (Å²) < 4.78 is 25.7. The van der Waals surface area contributed by atoms with E-state index >= 15 is 0 Å². The Morgan fingerprint density at radius 3 is 2.23 bits per heavy atom. The van der Waals surface area contributed by atoms with Crippen molar-refractivity contribution in [3.8, 4) is 0 Å². The highest BCUT2D eigenvalue weighted by Gasteiger charge is 2.23. The van der Waals surface area contributed by atoms with Gasteiger partial charge in [-0.25, -0.2) is 8.42 Å². The topological polar surface area (TPSA) is 86.8 Å². The lowest BCUT2D eigenvalue weighted by atomic mass is 10.1. The predicted octanol–water partition coefficient (Wildman–Crippen LogP) is 3.35. The van der Waals surface area contributed by atoms with E-state index in [0.29, 0.717) is 29.0 Å². The maximum Gasteiger partial charge on any atom is 0.255 e. The van der Waals surface area contributed by atoms with E-state index in [1.54, 1.807) is 67.3 Å². The molecular weight excluding hydrogens is 402 g/mol. The molecule has 0 unspecified atom stereocenters. The molecule has 1 heterocycles. The highest BCUT2D eigenvalue weighted by atomic mass is 32.2. The van der Waals surface area contributed by atoms with Gasteiger partial charge >= 0.3 is 0 Å². The van der Waals surface area contributed by atoms with Crippen LogP contribution in [0.2, 0.25) is 0 Å². The van der Waals surface area contributed by atoms with Gasteiger partial charge in [-0.1, -0.05) is 12.1 Å². The second-order valence-electron chi connectivity index (χ2n) is 7.11. The van der Waals surface area contributed by atoms with Crippen molar-refractivity contribution in [1.29, 1.82) is 0 Å². The summed E-state index contributed by atoms with van der Waals surface area (Å²) in [5.74, 6) is -0.433. The third-order valence-electron chi connectivity index (χ3n) is 5.20. The number of likely N-dealkylation sites (tertiary alicyclic amines) is 1. The van der Waals surface area contributed by atoms with E-state index < -0.39 is 10.0 Å². The number of amides is 2. The van der Waals surface area contributed by atoms with E-state index in [0.717, 1.165) is 25.9 Å². The summed E-state index contributed by atoms with van der Waals surface area (Å²) >= 11 is 0. The molecular formula is C22H27N3O4S. The minimum atomic E-state index is -3.38. The minimum absolute atomic E-state index is 0.00487. The number of nitrogens with zero attached hydrogens (tertiary/aromatic N) is 2. The Hall–Kier alpha value is -2.87. The zero-order valence-electron chi connectivity index (χ0n) is 17.3. The maximum atomic E-state index is 12.8. The SMILES string of the molecule is CCN(c1ccc(C(=O)Nc2ccccc2C(=O)N2CCCC2)cc1)S(=O)(=O)CC. The van der Waals surface area contributed by atoms with Gasteiger partial charge in [-0.05, 0) is 63.1 Å². The Balaban J connectivity index is 1.78. The minimum Gasteiger partial charge on any atom is -0.339 e. The van der Waals surface area contributed by atoms with Crippen LogP contribution in [0.1, 0.15) is 47.4 Å². The number of nitrogens with one attached hydrogen (secondary N) is 1. The first-order valence-corrected chi connectivity index (χ1v) is 11.8. The van der Waals surface area contributed by atoms with Gasteiger partial charge in [0.1, 0.15) is 0 Å². The molecule has 160 valence electrons. The van der Waals surface area contributed by atoms with Crippen LogP contribution in [-0.4, -0.2) is 50.5 Å². The molecule has 0 radical (unpaired) electrons. The van der Waals surface area contributed by atoms with Gasteiger partial charge < -0.3 is 10.2 Å². The van der Waals surface area contributed by atoms with Crippen LogP contribution < -0.4 is 9.62 Å². The van der Waals surface area contributed by atoms with Crippen LogP contribution in [-0.2, 0) is 10.0 Å². The standard InChI is InChI=1S/C22H27N3O4S/c1-3-25(30(28,29)4-2)18-13-11-17(12-14-18)21(26)23-20-10-6-5-9-19(20)22(27)24-15-7-8-16-24/h5-6,9-14H,3-4,7-8,15-16H2,1-2H3,(H,23,26). The summed E-state index contributed by atoms with van der Waals surface area (Å²) in [6, 6.07) is 13.4. The van der Waals surface area contributed by atoms with Crippen molar-refractivity contribution in [2.45, 2.75) is 26.7 Å². The Kier molecular flexibility index (Phi) is 6.77. The monoisotopic (exact) mass is 429 g/mol. The number of carbonyl (C=O) groups is 2. The molecule has 1 N–H and O–H groups in total. The van der Waals surface area contributed by atoms with E-state index in [1.807, 2.05) is 0 Å². The summed E-state index contributed by atoms with van der Waals surface area (Å²) in [6.07, 6.45) is 1.99. The first-order chi connectivity index (χ1) is 14.4. The second kappa shape index (κ2) is 9.30. The lowest BCUT2D eigenvalue weighted by Gasteiger charge is -2.22. The molecule has 3 rings (SSSR count). The Labute approximate surface area is 177 Å². The van der Waals surface area contributed by atoms with Gasteiger partial charge in [0.2, 0.25) is 10.0 Å². The van der Waals surface area contributed by atoms with Gasteiger partial charge in [0.05, 0.1) is 22.7 Å². The molecule has 0 saturated carbocycles. The van der Waals surface area contributed by atoms with E-state index in [1.165, 1.54) is 4.31 Å². The predicted molar refractivity (Wildman–Crippen MR) is 118 cm³/mol. The average molecular weight is 430 g/mol. The molecule has 30 heavy (non-hydrogen) atoms. The Bertz CT molecular complexity index is 1010. The zero-order chi connectivity index (χ0) is 21.7. The van der Waals surface area contributed by atoms with Gasteiger partial charge in [-0.15, -0.1) is 0 Å². The molecule has 2 aromatic carbocycles. The number of rotatable bonds is 7. The largest absolute Gasteiger partial charge is 0.339 e. The number of para-hydroxylation sites is 1. The van der Waals surface area contributed by atoms with Crippen molar-refractivity contribution in [1.82, 2.24) is 4.90 Å². The molecule has 8 heteroatoms. The first-order valence-electron chi connectivity index (χ1n) is 10.2. The summed E-state index contributed by atoms with van der Waals surface area (Å²) in [4.78, 5) is 27.3. The molecule has 0 bridgehead atoms. The highest BCUT2D eigenvalue weighted by Crippen LogP contribution is 2.22. The highest BCUT2D eigenvalue weighted by molar-refractivity contribution is 7.92. The van der Waals surface area contributed by atoms with Crippen LogP contribution in [0.4, 0.5) is 11.4 Å². The van der Waals surface area contributed by atoms with E-state index in [9.17, 15) is 18.0 Å². The second-order valence-corrected chi connectivity index (χ2v) is 9.29. The molecule has 1 fully saturated rings. The molecule has 1 saturated heterocycles. The van der Waals surface area contributed by atoms with Crippen LogP contribution in [0.25, 0.3) is 0 Å². The van der Waals surface area contributed by atoms with E-state index in [4.69, 9.17) is 0 Å². The molecule has 1 aliphatic heterocycles. The van der Waals surface area contributed by atoms with Crippen molar-refractivity contribution >= 4 is 33.2 Å². The molecule has 2 amide bonds. The smallest absolute Gasteiger partial charge is 0.255 e. The fraction of sp³-hybridized carbons (Fsp3) is 0.364. The molecule has 2 aromatic rings. The van der Waals surface area contributed by atoms with Crippen molar-refractivity contribution < 1.29 is 18.0 Å². The van der Waals surface area contributed by atoms with Crippen molar-refractivity contribution in [3.63, 3.8) is 0 Å². The summed E-state index contributed by atoms with van der Waals surface area (Å²) in [5.41, 5.74) is 1.83. The Morgan fingerprint density at radius 1 is 1.00 bits per heavy atom. The van der Waals surface area contributed by atoms with Crippen LogP contribution >= 0.6 is 0 Å². The lowest BCUT2D eigenvalue weighted by molar-refractivity contribution is 0.0794. The zero-order valence-corrected chi connectivity index (χ0v) is 18.1. The van der Waals surface area contributed by atoms with Gasteiger partial charge in [0.15, 0.2) is 0 Å². The van der Waals surface area contributed by atoms with Gasteiger partial charge in [-0.2, -0.15) is 0 Å². The van der Waals surface area contributed by atoms with Gasteiger partial charge in [0.25, 0.3) is 11.8 Å². The van der Waals surface area contributed by atoms with E-state index in [2.05, 4.69) is 5.32 Å². The van der Waals surface area contributed by atoms with Crippen molar-refractivity contribution in [3.05, 3.63) is 59.7 Å². The molecule has 0 aliphatic carbocycles. The molecule has 0 atom stereocenters. The number of hydrogen-bond acceptors (Lipinski definition) is 4. The Morgan fingerprint density at radius 2 is 1.63 bits per heavy atom. The summed E-state index contributed by atoms with van der Waals surface area (Å²) in [5, 5.41) is 2.82. The number of anilines is 2.